The summed E-state index contributed by atoms with van der Waals surface area (Å²) in [5.41, 5.74) is 4.53. The maximum absolute atomic E-state index is 13.2. The minimum Gasteiger partial charge on any atom is -0.357 e. The van der Waals surface area contributed by atoms with E-state index in [4.69, 9.17) is 0 Å². The van der Waals surface area contributed by atoms with Gasteiger partial charge in [-0.2, -0.15) is 0 Å². The lowest BCUT2D eigenvalue weighted by atomic mass is 10.1. The Balaban J connectivity index is 2.18. The van der Waals surface area contributed by atoms with Crippen LogP contribution in [0, 0.1) is 20.8 Å². The number of amides is 2. The van der Waals surface area contributed by atoms with Crippen molar-refractivity contribution in [3.05, 3.63) is 64.7 Å². The fourth-order valence-corrected chi connectivity index (χ4v) is 4.80. The second kappa shape index (κ2) is 11.3. The molecule has 0 spiro atoms. The average Bonchev–Trinajstić information content (AvgIpc) is 2.75. The number of rotatable bonds is 10. The van der Waals surface area contributed by atoms with Gasteiger partial charge in [-0.3, -0.25) is 13.9 Å². The van der Waals surface area contributed by atoms with Crippen molar-refractivity contribution in [3.63, 3.8) is 0 Å². The second-order valence-corrected chi connectivity index (χ2v) is 10.4. The molecule has 0 aliphatic rings. The van der Waals surface area contributed by atoms with Gasteiger partial charge in [0.2, 0.25) is 21.8 Å². The highest BCUT2D eigenvalue weighted by Gasteiger charge is 2.26. The number of hydrogen-bond acceptors (Lipinski definition) is 4. The van der Waals surface area contributed by atoms with Crippen molar-refractivity contribution >= 4 is 27.5 Å². The smallest absolute Gasteiger partial charge is 0.242 e. The van der Waals surface area contributed by atoms with Crippen LogP contribution in [0.25, 0.3) is 0 Å². The Hall–Kier alpha value is -2.87. The number of benzene rings is 2. The first-order valence-electron chi connectivity index (χ1n) is 11.1. The first kappa shape index (κ1) is 26.4. The molecule has 7 nitrogen and oxygen atoms in total. The molecule has 1 N–H and O–H groups in total. The number of anilines is 1. The van der Waals surface area contributed by atoms with Gasteiger partial charge in [0.1, 0.15) is 6.04 Å². The van der Waals surface area contributed by atoms with Crippen LogP contribution in [0.3, 0.4) is 0 Å². The number of aryl methyl sites for hydroxylation is 2. The molecule has 0 aliphatic carbocycles. The first-order valence-corrected chi connectivity index (χ1v) is 12.9. The average molecular weight is 474 g/mol. The molecule has 0 unspecified atom stereocenters. The largest absolute Gasteiger partial charge is 0.357 e. The van der Waals surface area contributed by atoms with Gasteiger partial charge in [-0.05, 0) is 56.9 Å². The van der Waals surface area contributed by atoms with E-state index >= 15 is 0 Å². The van der Waals surface area contributed by atoms with Crippen LogP contribution < -0.4 is 9.62 Å². The van der Waals surface area contributed by atoms with Gasteiger partial charge in [-0.25, -0.2) is 8.42 Å². The van der Waals surface area contributed by atoms with Gasteiger partial charge < -0.3 is 10.2 Å². The van der Waals surface area contributed by atoms with E-state index in [-0.39, 0.29) is 24.8 Å². The standard InChI is InChI=1S/C25H35N3O4S/c1-18-10-7-12-22(16-18)17-27(21(4)25(30)26-5)24(29)14-9-15-28(33(6,31)32)23-13-8-11-19(2)20(23)3/h7-8,10-13,16,21H,9,14-15,17H2,1-6H3,(H,26,30)/t21-/m1/s1. The molecular formula is C25H35N3O4S. The normalized spacial score (nSPS) is 12.2. The van der Waals surface area contributed by atoms with Crippen LogP contribution in [0.2, 0.25) is 0 Å². The zero-order valence-electron chi connectivity index (χ0n) is 20.4. The number of hydrogen-bond donors (Lipinski definition) is 1. The predicted molar refractivity (Wildman–Crippen MR) is 133 cm³/mol. The van der Waals surface area contributed by atoms with E-state index < -0.39 is 16.1 Å². The summed E-state index contributed by atoms with van der Waals surface area (Å²) >= 11 is 0. The van der Waals surface area contributed by atoms with Crippen LogP contribution in [0.5, 0.6) is 0 Å². The Morgan fingerprint density at radius 1 is 1.06 bits per heavy atom. The monoisotopic (exact) mass is 473 g/mol. The number of likely N-dealkylation sites (N-methyl/N-ethyl adjacent to an activating group) is 1. The SMILES string of the molecule is CNC(=O)[C@@H](C)N(Cc1cccc(C)c1)C(=O)CCCN(c1cccc(C)c1C)S(C)(=O)=O. The quantitative estimate of drug-likeness (QED) is 0.574. The van der Waals surface area contributed by atoms with Gasteiger partial charge in [0.05, 0.1) is 11.9 Å². The molecule has 0 saturated carbocycles. The van der Waals surface area contributed by atoms with E-state index in [1.165, 1.54) is 10.6 Å². The lowest BCUT2D eigenvalue weighted by Crippen LogP contribution is -2.46. The third-order valence-corrected chi connectivity index (χ3v) is 7.03. The minimum absolute atomic E-state index is 0.129. The van der Waals surface area contributed by atoms with Gasteiger partial charge in [-0.15, -0.1) is 0 Å². The molecule has 2 rings (SSSR count). The molecule has 180 valence electrons. The van der Waals surface area contributed by atoms with E-state index in [0.29, 0.717) is 18.7 Å². The van der Waals surface area contributed by atoms with Crippen LogP contribution in [0.15, 0.2) is 42.5 Å². The van der Waals surface area contributed by atoms with Crippen LogP contribution in [-0.2, 0) is 26.2 Å². The Morgan fingerprint density at radius 2 is 1.73 bits per heavy atom. The number of carbonyl (C=O) groups excluding carboxylic acids is 2. The zero-order valence-corrected chi connectivity index (χ0v) is 21.2. The van der Waals surface area contributed by atoms with Crippen molar-refractivity contribution in [3.8, 4) is 0 Å². The molecule has 0 saturated heterocycles. The Morgan fingerprint density at radius 3 is 2.33 bits per heavy atom. The van der Waals surface area contributed by atoms with E-state index in [1.807, 2.05) is 57.2 Å². The first-order chi connectivity index (χ1) is 15.5. The zero-order chi connectivity index (χ0) is 24.8. The number of nitrogens with one attached hydrogen (secondary N) is 1. The molecule has 2 aromatic rings. The lowest BCUT2D eigenvalue weighted by Gasteiger charge is -2.29. The minimum atomic E-state index is -3.52. The molecule has 0 aromatic heterocycles. The fraction of sp³-hybridized carbons (Fsp3) is 0.440. The van der Waals surface area contributed by atoms with E-state index in [1.54, 1.807) is 24.9 Å². The summed E-state index contributed by atoms with van der Waals surface area (Å²) in [4.78, 5) is 27.0. The number of carbonyl (C=O) groups is 2. The summed E-state index contributed by atoms with van der Waals surface area (Å²) in [5.74, 6) is -0.439. The maximum atomic E-state index is 13.2. The fourth-order valence-electron chi connectivity index (χ4n) is 3.79. The van der Waals surface area contributed by atoms with Crippen LogP contribution in [0.4, 0.5) is 5.69 Å². The molecule has 2 amide bonds. The van der Waals surface area contributed by atoms with Crippen molar-refractivity contribution in [2.75, 3.05) is 24.2 Å². The van der Waals surface area contributed by atoms with Gasteiger partial charge >= 0.3 is 0 Å². The summed E-state index contributed by atoms with van der Waals surface area (Å²) in [6.07, 6.45) is 1.64. The highest BCUT2D eigenvalue weighted by molar-refractivity contribution is 7.92. The van der Waals surface area contributed by atoms with E-state index in [9.17, 15) is 18.0 Å². The van der Waals surface area contributed by atoms with Gasteiger partial charge in [0, 0.05) is 26.6 Å². The molecule has 2 aromatic carbocycles. The highest BCUT2D eigenvalue weighted by Crippen LogP contribution is 2.25. The molecule has 8 heteroatoms. The summed E-state index contributed by atoms with van der Waals surface area (Å²) in [6.45, 7) is 7.99. The molecular weight excluding hydrogens is 438 g/mol. The summed E-state index contributed by atoms with van der Waals surface area (Å²) in [7, 11) is -1.97. The Bertz CT molecular complexity index is 1100. The summed E-state index contributed by atoms with van der Waals surface area (Å²) in [5, 5.41) is 2.60. The lowest BCUT2D eigenvalue weighted by molar-refractivity contribution is -0.140. The topological polar surface area (TPSA) is 86.8 Å². The predicted octanol–water partition coefficient (Wildman–Crippen LogP) is 3.32. The van der Waals surface area contributed by atoms with Crippen molar-refractivity contribution in [2.24, 2.45) is 0 Å². The van der Waals surface area contributed by atoms with E-state index in [2.05, 4.69) is 5.32 Å². The molecule has 0 aliphatic heterocycles. The number of sulfonamides is 1. The molecule has 0 radical (unpaired) electrons. The summed E-state index contributed by atoms with van der Waals surface area (Å²) in [6, 6.07) is 12.7. The second-order valence-electron chi connectivity index (χ2n) is 8.46. The van der Waals surface area contributed by atoms with Crippen molar-refractivity contribution in [1.82, 2.24) is 10.2 Å². The Labute approximate surface area is 197 Å². The Kier molecular flexibility index (Phi) is 9.05. The molecule has 0 fully saturated rings. The highest BCUT2D eigenvalue weighted by atomic mass is 32.2. The number of nitrogens with zero attached hydrogens (tertiary/aromatic N) is 2. The van der Waals surface area contributed by atoms with Crippen molar-refractivity contribution in [2.45, 2.75) is 53.1 Å². The maximum Gasteiger partial charge on any atom is 0.242 e. The third-order valence-electron chi connectivity index (χ3n) is 5.85. The van der Waals surface area contributed by atoms with Crippen molar-refractivity contribution in [1.29, 1.82) is 0 Å². The summed E-state index contributed by atoms with van der Waals surface area (Å²) < 4.78 is 26.3. The molecule has 0 bridgehead atoms. The van der Waals surface area contributed by atoms with E-state index in [0.717, 1.165) is 22.3 Å². The van der Waals surface area contributed by atoms with Gasteiger partial charge in [-0.1, -0.05) is 42.0 Å². The van der Waals surface area contributed by atoms with Crippen LogP contribution in [-0.4, -0.2) is 51.0 Å². The van der Waals surface area contributed by atoms with Crippen LogP contribution >= 0.6 is 0 Å². The molecule has 1 atom stereocenters. The molecule has 33 heavy (non-hydrogen) atoms. The van der Waals surface area contributed by atoms with Gasteiger partial charge in [0.15, 0.2) is 0 Å². The van der Waals surface area contributed by atoms with Crippen LogP contribution in [0.1, 0.15) is 42.0 Å². The molecule has 0 heterocycles. The third kappa shape index (κ3) is 7.05. The van der Waals surface area contributed by atoms with Gasteiger partial charge in [0.25, 0.3) is 0 Å². The van der Waals surface area contributed by atoms with Crippen molar-refractivity contribution < 1.29 is 18.0 Å².